The summed E-state index contributed by atoms with van der Waals surface area (Å²) in [6, 6.07) is 5.02. The van der Waals surface area contributed by atoms with Crippen molar-refractivity contribution < 1.29 is 9.90 Å². The minimum absolute atomic E-state index is 0.0903. The van der Waals surface area contributed by atoms with Gasteiger partial charge in [0.15, 0.2) is 0 Å². The molecular weight excluding hydrogens is 202 g/mol. The Kier molecular flexibility index (Phi) is 2.86. The summed E-state index contributed by atoms with van der Waals surface area (Å²) in [5, 5.41) is 12.4. The predicted molar refractivity (Wildman–Crippen MR) is 62.4 cm³/mol. The van der Waals surface area contributed by atoms with Crippen LogP contribution in [-0.4, -0.2) is 17.6 Å². The molecule has 2 N–H and O–H groups in total. The quantitative estimate of drug-likeness (QED) is 0.817. The van der Waals surface area contributed by atoms with Gasteiger partial charge in [0.1, 0.15) is 5.75 Å². The number of phenols is 1. The molecule has 2 atom stereocenters. The molecule has 1 aromatic rings. The second kappa shape index (κ2) is 4.16. The number of carbonyl (C=O) groups is 1. The van der Waals surface area contributed by atoms with E-state index in [9.17, 15) is 9.90 Å². The van der Waals surface area contributed by atoms with Crippen molar-refractivity contribution in [3.05, 3.63) is 29.3 Å². The van der Waals surface area contributed by atoms with E-state index in [0.717, 1.165) is 12.5 Å². The molecule has 1 amide bonds. The molecule has 2 unspecified atom stereocenters. The Morgan fingerprint density at radius 3 is 2.88 bits per heavy atom. The maximum Gasteiger partial charge on any atom is 0.251 e. The molecular formula is C13H17NO2. The van der Waals surface area contributed by atoms with Crippen molar-refractivity contribution in [3.63, 3.8) is 0 Å². The zero-order valence-corrected chi connectivity index (χ0v) is 9.66. The molecule has 3 nitrogen and oxygen atoms in total. The van der Waals surface area contributed by atoms with E-state index in [0.29, 0.717) is 17.0 Å². The van der Waals surface area contributed by atoms with Gasteiger partial charge in [-0.2, -0.15) is 0 Å². The molecule has 1 aliphatic carbocycles. The number of benzene rings is 1. The molecule has 2 rings (SSSR count). The SMILES string of the molecule is Cc1c(O)cccc1C(=O)NCC1CC1C. The molecule has 86 valence electrons. The highest BCUT2D eigenvalue weighted by Crippen LogP contribution is 2.36. The van der Waals surface area contributed by atoms with Crippen LogP contribution in [0.15, 0.2) is 18.2 Å². The fourth-order valence-corrected chi connectivity index (χ4v) is 1.87. The highest BCUT2D eigenvalue weighted by Gasteiger charge is 2.32. The first kappa shape index (κ1) is 11.0. The van der Waals surface area contributed by atoms with Gasteiger partial charge in [0, 0.05) is 17.7 Å². The summed E-state index contributed by atoms with van der Waals surface area (Å²) >= 11 is 0. The summed E-state index contributed by atoms with van der Waals surface area (Å²) in [5.74, 6) is 1.46. The van der Waals surface area contributed by atoms with Crippen LogP contribution in [0.4, 0.5) is 0 Å². The fourth-order valence-electron chi connectivity index (χ4n) is 1.87. The van der Waals surface area contributed by atoms with Crippen molar-refractivity contribution in [3.8, 4) is 5.75 Å². The van der Waals surface area contributed by atoms with E-state index in [-0.39, 0.29) is 11.7 Å². The molecule has 0 aromatic heterocycles. The highest BCUT2D eigenvalue weighted by molar-refractivity contribution is 5.96. The van der Waals surface area contributed by atoms with Gasteiger partial charge in [0.2, 0.25) is 0 Å². The molecule has 1 aliphatic rings. The molecule has 0 spiro atoms. The number of hydrogen-bond donors (Lipinski definition) is 2. The number of amides is 1. The number of hydrogen-bond acceptors (Lipinski definition) is 2. The minimum Gasteiger partial charge on any atom is -0.508 e. The predicted octanol–water partition coefficient (Wildman–Crippen LogP) is 2.09. The van der Waals surface area contributed by atoms with Crippen LogP contribution >= 0.6 is 0 Å². The first-order valence-corrected chi connectivity index (χ1v) is 5.66. The Labute approximate surface area is 95.5 Å². The molecule has 3 heteroatoms. The molecule has 1 fully saturated rings. The topological polar surface area (TPSA) is 49.3 Å². The lowest BCUT2D eigenvalue weighted by molar-refractivity contribution is 0.0950. The maximum absolute atomic E-state index is 11.8. The summed E-state index contributed by atoms with van der Waals surface area (Å²) in [6.07, 6.45) is 1.21. The first-order valence-electron chi connectivity index (χ1n) is 5.66. The van der Waals surface area contributed by atoms with Gasteiger partial charge in [-0.3, -0.25) is 4.79 Å². The van der Waals surface area contributed by atoms with Crippen LogP contribution in [0.2, 0.25) is 0 Å². The largest absolute Gasteiger partial charge is 0.508 e. The lowest BCUT2D eigenvalue weighted by Crippen LogP contribution is -2.26. The van der Waals surface area contributed by atoms with Gasteiger partial charge >= 0.3 is 0 Å². The standard InChI is InChI=1S/C13H17NO2/c1-8-6-10(8)7-14-13(16)11-4-3-5-12(15)9(11)2/h3-5,8,10,15H,6-7H2,1-2H3,(H,14,16). The Morgan fingerprint density at radius 2 is 2.25 bits per heavy atom. The molecule has 0 aliphatic heterocycles. The van der Waals surface area contributed by atoms with Gasteiger partial charge in [-0.1, -0.05) is 13.0 Å². The Morgan fingerprint density at radius 1 is 1.56 bits per heavy atom. The average Bonchev–Trinajstić information content (AvgIpc) is 2.95. The van der Waals surface area contributed by atoms with Crippen LogP contribution in [0.3, 0.4) is 0 Å². The number of carbonyl (C=O) groups excluding carboxylic acids is 1. The molecule has 0 saturated heterocycles. The second-order valence-electron chi connectivity index (χ2n) is 4.63. The first-order chi connectivity index (χ1) is 7.59. The number of phenolic OH excluding ortho intramolecular Hbond substituents is 1. The normalized spacial score (nSPS) is 22.9. The zero-order valence-electron chi connectivity index (χ0n) is 9.66. The van der Waals surface area contributed by atoms with Gasteiger partial charge < -0.3 is 10.4 Å². The van der Waals surface area contributed by atoms with Crippen molar-refractivity contribution in [1.29, 1.82) is 0 Å². The minimum atomic E-state index is -0.0903. The van der Waals surface area contributed by atoms with Gasteiger partial charge in [0.25, 0.3) is 5.91 Å². The third-order valence-electron chi connectivity index (χ3n) is 3.35. The van der Waals surface area contributed by atoms with Crippen LogP contribution in [0, 0.1) is 18.8 Å². The summed E-state index contributed by atoms with van der Waals surface area (Å²) in [5.41, 5.74) is 1.21. The van der Waals surface area contributed by atoms with Crippen molar-refractivity contribution in [1.82, 2.24) is 5.32 Å². The summed E-state index contributed by atoms with van der Waals surface area (Å²) in [7, 11) is 0. The number of aromatic hydroxyl groups is 1. The van der Waals surface area contributed by atoms with E-state index in [1.807, 2.05) is 0 Å². The van der Waals surface area contributed by atoms with Gasteiger partial charge in [-0.25, -0.2) is 0 Å². The fraction of sp³-hybridized carbons (Fsp3) is 0.462. The van der Waals surface area contributed by atoms with Crippen molar-refractivity contribution in [2.45, 2.75) is 20.3 Å². The Hall–Kier alpha value is -1.51. The van der Waals surface area contributed by atoms with Gasteiger partial charge in [0.05, 0.1) is 0 Å². The van der Waals surface area contributed by atoms with Crippen LogP contribution < -0.4 is 5.32 Å². The smallest absolute Gasteiger partial charge is 0.251 e. The van der Waals surface area contributed by atoms with E-state index in [2.05, 4.69) is 12.2 Å². The van der Waals surface area contributed by atoms with Crippen molar-refractivity contribution in [2.24, 2.45) is 11.8 Å². The van der Waals surface area contributed by atoms with E-state index in [1.165, 1.54) is 6.42 Å². The lowest BCUT2D eigenvalue weighted by Gasteiger charge is -2.08. The molecule has 0 heterocycles. The van der Waals surface area contributed by atoms with Gasteiger partial charge in [-0.05, 0) is 37.3 Å². The van der Waals surface area contributed by atoms with E-state index < -0.39 is 0 Å². The van der Waals surface area contributed by atoms with Crippen LogP contribution in [-0.2, 0) is 0 Å². The van der Waals surface area contributed by atoms with Crippen molar-refractivity contribution >= 4 is 5.91 Å². The Balaban J connectivity index is 2.00. The monoisotopic (exact) mass is 219 g/mol. The van der Waals surface area contributed by atoms with Crippen molar-refractivity contribution in [2.75, 3.05) is 6.54 Å². The number of rotatable bonds is 3. The van der Waals surface area contributed by atoms with Gasteiger partial charge in [-0.15, -0.1) is 0 Å². The van der Waals surface area contributed by atoms with E-state index in [4.69, 9.17) is 0 Å². The summed E-state index contributed by atoms with van der Waals surface area (Å²) < 4.78 is 0. The lowest BCUT2D eigenvalue weighted by atomic mass is 10.1. The molecule has 0 radical (unpaired) electrons. The average molecular weight is 219 g/mol. The zero-order chi connectivity index (χ0) is 11.7. The third-order valence-corrected chi connectivity index (χ3v) is 3.35. The Bertz CT molecular complexity index is 414. The maximum atomic E-state index is 11.8. The van der Waals surface area contributed by atoms with Crippen LogP contribution in [0.1, 0.15) is 29.3 Å². The van der Waals surface area contributed by atoms with E-state index in [1.54, 1.807) is 25.1 Å². The molecule has 16 heavy (non-hydrogen) atoms. The molecule has 1 aromatic carbocycles. The second-order valence-corrected chi connectivity index (χ2v) is 4.63. The van der Waals surface area contributed by atoms with Crippen LogP contribution in [0.5, 0.6) is 5.75 Å². The third kappa shape index (κ3) is 2.18. The molecule has 0 bridgehead atoms. The summed E-state index contributed by atoms with van der Waals surface area (Å²) in [6.45, 7) is 4.69. The van der Waals surface area contributed by atoms with Crippen LogP contribution in [0.25, 0.3) is 0 Å². The summed E-state index contributed by atoms with van der Waals surface area (Å²) in [4.78, 5) is 11.8. The highest BCUT2D eigenvalue weighted by atomic mass is 16.3. The van der Waals surface area contributed by atoms with E-state index >= 15 is 0 Å². The molecule has 1 saturated carbocycles. The number of nitrogens with one attached hydrogen (secondary N) is 1.